The van der Waals surface area contributed by atoms with E-state index in [9.17, 15) is 4.39 Å². The van der Waals surface area contributed by atoms with Crippen LogP contribution in [0.5, 0.6) is 0 Å². The second kappa shape index (κ2) is 6.00. The smallest absolute Gasteiger partial charge is 0.128 e. The van der Waals surface area contributed by atoms with Gasteiger partial charge in [0.05, 0.1) is 17.2 Å². The quantitative estimate of drug-likeness (QED) is 0.443. The molecule has 5 heteroatoms. The maximum absolute atomic E-state index is 14.1. The number of rotatable bonds is 2. The lowest BCUT2D eigenvalue weighted by Crippen LogP contribution is -2.22. The van der Waals surface area contributed by atoms with E-state index in [1.165, 1.54) is 6.07 Å². The number of benzene rings is 1. The van der Waals surface area contributed by atoms with E-state index in [2.05, 4.69) is 45.7 Å². The lowest BCUT2D eigenvalue weighted by Gasteiger charge is -2.25. The van der Waals surface area contributed by atoms with Crippen molar-refractivity contribution in [3.63, 3.8) is 0 Å². The Balaban J connectivity index is 2.34. The van der Waals surface area contributed by atoms with Crippen LogP contribution >= 0.6 is 43.5 Å². The third-order valence-electron chi connectivity index (χ3n) is 3.99. The van der Waals surface area contributed by atoms with Crippen LogP contribution in [0.15, 0.2) is 16.6 Å². The van der Waals surface area contributed by atoms with E-state index in [0.29, 0.717) is 21.0 Å². The molecule has 0 aliphatic carbocycles. The highest BCUT2D eigenvalue weighted by Crippen LogP contribution is 2.46. The second-order valence-corrected chi connectivity index (χ2v) is 7.42. The van der Waals surface area contributed by atoms with Gasteiger partial charge in [0, 0.05) is 20.8 Å². The molecule has 1 nitrogen and oxygen atoms in total. The molecule has 0 spiro atoms. The molecule has 1 aromatic carbocycles. The zero-order chi connectivity index (χ0) is 14.3. The van der Waals surface area contributed by atoms with Gasteiger partial charge in [-0.05, 0) is 47.8 Å². The Morgan fingerprint density at radius 2 is 1.89 bits per heavy atom. The average molecular weight is 415 g/mol. The topological polar surface area (TPSA) is 9.23 Å². The minimum Gasteiger partial charge on any atom is -0.375 e. The van der Waals surface area contributed by atoms with E-state index >= 15 is 0 Å². The van der Waals surface area contributed by atoms with Gasteiger partial charge in [-0.1, -0.05) is 34.5 Å². The maximum Gasteiger partial charge on any atom is 0.128 e. The molecule has 1 aliphatic heterocycles. The van der Waals surface area contributed by atoms with Crippen molar-refractivity contribution in [3.05, 3.63) is 33.0 Å². The fourth-order valence-electron chi connectivity index (χ4n) is 2.75. The molecule has 5 unspecified atom stereocenters. The van der Waals surface area contributed by atoms with Gasteiger partial charge in [0.1, 0.15) is 5.82 Å². The van der Waals surface area contributed by atoms with Crippen LogP contribution < -0.4 is 0 Å². The molecule has 1 saturated heterocycles. The Morgan fingerprint density at radius 3 is 2.42 bits per heavy atom. The Hall–Kier alpha value is 0.360. The van der Waals surface area contributed by atoms with Gasteiger partial charge in [-0.2, -0.15) is 0 Å². The first-order chi connectivity index (χ1) is 8.82. The van der Waals surface area contributed by atoms with Gasteiger partial charge >= 0.3 is 0 Å². The zero-order valence-corrected chi connectivity index (χ0v) is 14.9. The average Bonchev–Trinajstić information content (AvgIpc) is 2.57. The minimum absolute atomic E-state index is 0.0937. The molecule has 1 aromatic rings. The van der Waals surface area contributed by atoms with Gasteiger partial charge in [-0.3, -0.25) is 0 Å². The summed E-state index contributed by atoms with van der Waals surface area (Å²) in [5, 5.41) is 0.521. The van der Waals surface area contributed by atoms with Gasteiger partial charge in [-0.15, -0.1) is 0 Å². The van der Waals surface area contributed by atoms with Gasteiger partial charge in [-0.25, -0.2) is 4.39 Å². The third-order valence-corrected chi connectivity index (χ3v) is 6.29. The van der Waals surface area contributed by atoms with Crippen molar-refractivity contribution in [2.24, 2.45) is 11.8 Å². The molecule has 106 valence electrons. The predicted molar refractivity (Wildman–Crippen MR) is 83.4 cm³/mol. The fourth-order valence-corrected chi connectivity index (χ4v) is 4.50. The molecule has 0 amide bonds. The Labute approximate surface area is 135 Å². The molecule has 2 rings (SSSR count). The monoisotopic (exact) mass is 412 g/mol. The van der Waals surface area contributed by atoms with Crippen LogP contribution in [0.4, 0.5) is 4.39 Å². The number of hydrogen-bond acceptors (Lipinski definition) is 1. The molecule has 1 aliphatic rings. The number of alkyl halides is 1. The first-order valence-corrected chi connectivity index (χ1v) is 8.35. The standard InChI is InChI=1S/C14H16Br2ClFO/c1-6-7(2)19-8(3)13(6)14(16)9-4-11(17)10(15)5-12(9)18/h4-8,13-14H,1-3H3. The Morgan fingerprint density at radius 1 is 1.26 bits per heavy atom. The fraction of sp³-hybridized carbons (Fsp3) is 0.571. The van der Waals surface area contributed by atoms with Crippen LogP contribution in [-0.4, -0.2) is 12.2 Å². The normalized spacial score (nSPS) is 32.6. The van der Waals surface area contributed by atoms with Crippen LogP contribution in [0.25, 0.3) is 0 Å². The van der Waals surface area contributed by atoms with E-state index in [1.807, 2.05) is 6.92 Å². The highest BCUT2D eigenvalue weighted by molar-refractivity contribution is 9.10. The summed E-state index contributed by atoms with van der Waals surface area (Å²) in [4.78, 5) is -0.104. The Kier molecular flexibility index (Phi) is 4.97. The summed E-state index contributed by atoms with van der Waals surface area (Å²) < 4.78 is 20.5. The van der Waals surface area contributed by atoms with E-state index in [-0.39, 0.29) is 28.8 Å². The van der Waals surface area contributed by atoms with Crippen LogP contribution in [0, 0.1) is 17.7 Å². The van der Waals surface area contributed by atoms with Crippen LogP contribution in [0.3, 0.4) is 0 Å². The molecular formula is C14H16Br2ClFO. The summed E-state index contributed by atoms with van der Waals surface area (Å²) in [6, 6.07) is 3.10. The summed E-state index contributed by atoms with van der Waals surface area (Å²) in [6.45, 7) is 6.24. The first kappa shape index (κ1) is 15.7. The van der Waals surface area contributed by atoms with E-state index in [4.69, 9.17) is 16.3 Å². The van der Waals surface area contributed by atoms with Crippen molar-refractivity contribution < 1.29 is 9.13 Å². The highest BCUT2D eigenvalue weighted by Gasteiger charge is 2.42. The molecule has 0 N–H and O–H groups in total. The SMILES string of the molecule is CC1OC(C)C(C(Br)c2cc(Cl)c(Br)cc2F)C1C. The van der Waals surface area contributed by atoms with E-state index < -0.39 is 0 Å². The van der Waals surface area contributed by atoms with Crippen LogP contribution in [-0.2, 0) is 4.74 Å². The van der Waals surface area contributed by atoms with Crippen molar-refractivity contribution in [1.29, 1.82) is 0 Å². The van der Waals surface area contributed by atoms with E-state index in [0.717, 1.165) is 0 Å². The number of halogens is 4. The van der Waals surface area contributed by atoms with Crippen LogP contribution in [0.2, 0.25) is 5.02 Å². The number of ether oxygens (including phenoxy) is 1. The molecule has 1 fully saturated rings. The lowest BCUT2D eigenvalue weighted by atomic mass is 9.84. The summed E-state index contributed by atoms with van der Waals surface area (Å²) in [5.41, 5.74) is 0.592. The zero-order valence-electron chi connectivity index (χ0n) is 11.0. The van der Waals surface area contributed by atoms with Crippen molar-refractivity contribution in [3.8, 4) is 0 Å². The van der Waals surface area contributed by atoms with Gasteiger partial charge in [0.15, 0.2) is 0 Å². The van der Waals surface area contributed by atoms with Crippen molar-refractivity contribution in [1.82, 2.24) is 0 Å². The predicted octanol–water partition coefficient (Wildman–Crippen LogP) is 5.74. The molecule has 0 aromatic heterocycles. The minimum atomic E-state index is -0.253. The van der Waals surface area contributed by atoms with E-state index in [1.54, 1.807) is 6.07 Å². The maximum atomic E-state index is 14.1. The molecule has 1 heterocycles. The van der Waals surface area contributed by atoms with Gasteiger partial charge < -0.3 is 4.74 Å². The largest absolute Gasteiger partial charge is 0.375 e. The number of hydrogen-bond donors (Lipinski definition) is 0. The summed E-state index contributed by atoms with van der Waals surface area (Å²) in [5.74, 6) is 0.333. The molecule has 0 saturated carbocycles. The molecular weight excluding hydrogens is 398 g/mol. The second-order valence-electron chi connectivity index (χ2n) is 5.17. The molecule has 5 atom stereocenters. The van der Waals surface area contributed by atoms with Crippen molar-refractivity contribution >= 4 is 43.5 Å². The molecule has 19 heavy (non-hydrogen) atoms. The Bertz CT molecular complexity index is 483. The summed E-state index contributed by atoms with van der Waals surface area (Å²) in [6.07, 6.45) is 0.283. The van der Waals surface area contributed by atoms with Crippen LogP contribution in [0.1, 0.15) is 31.2 Å². The highest BCUT2D eigenvalue weighted by atomic mass is 79.9. The van der Waals surface area contributed by atoms with Gasteiger partial charge in [0.2, 0.25) is 0 Å². The first-order valence-electron chi connectivity index (χ1n) is 6.27. The summed E-state index contributed by atoms with van der Waals surface area (Å²) >= 11 is 12.9. The summed E-state index contributed by atoms with van der Waals surface area (Å²) in [7, 11) is 0. The lowest BCUT2D eigenvalue weighted by molar-refractivity contribution is 0.0510. The molecule has 0 radical (unpaired) electrons. The van der Waals surface area contributed by atoms with Crippen molar-refractivity contribution in [2.75, 3.05) is 0 Å². The van der Waals surface area contributed by atoms with Gasteiger partial charge in [0.25, 0.3) is 0 Å². The van der Waals surface area contributed by atoms with Crippen molar-refractivity contribution in [2.45, 2.75) is 37.8 Å². The third kappa shape index (κ3) is 3.02. The molecule has 0 bridgehead atoms.